The fourth-order valence-electron chi connectivity index (χ4n) is 6.69. The van der Waals surface area contributed by atoms with Crippen LogP contribution in [0.5, 0.6) is 0 Å². The van der Waals surface area contributed by atoms with Gasteiger partial charge in [0.05, 0.1) is 10.6 Å². The van der Waals surface area contributed by atoms with Crippen molar-refractivity contribution >= 4 is 17.5 Å². The Labute approximate surface area is 198 Å². The third-order valence-corrected chi connectivity index (χ3v) is 8.61. The van der Waals surface area contributed by atoms with Crippen LogP contribution < -0.4 is 10.6 Å². The number of benzene rings is 1. The molecule has 4 aliphatic carbocycles. The molecule has 4 aliphatic rings. The molecule has 4 bridgehead atoms. The van der Waals surface area contributed by atoms with Crippen molar-refractivity contribution in [2.24, 2.45) is 28.6 Å². The SMILES string of the molecule is CC(C)(CO)CNCCCc1ccc(Cl)c(C(=O)NCC23CCC4CC(CC(C4)C2)C3)c1. The van der Waals surface area contributed by atoms with Gasteiger partial charge in [-0.15, -0.1) is 0 Å². The molecule has 1 aromatic rings. The van der Waals surface area contributed by atoms with Crippen molar-refractivity contribution in [1.29, 1.82) is 0 Å². The molecule has 4 saturated carbocycles. The van der Waals surface area contributed by atoms with Crippen LogP contribution in [0.15, 0.2) is 18.2 Å². The van der Waals surface area contributed by atoms with Gasteiger partial charge >= 0.3 is 0 Å². The van der Waals surface area contributed by atoms with Gasteiger partial charge in [-0.1, -0.05) is 31.5 Å². The summed E-state index contributed by atoms with van der Waals surface area (Å²) < 4.78 is 0. The largest absolute Gasteiger partial charge is 0.396 e. The molecule has 0 saturated heterocycles. The molecule has 0 aromatic heterocycles. The lowest BCUT2D eigenvalue weighted by molar-refractivity contribution is 0.0614. The zero-order valence-corrected chi connectivity index (χ0v) is 20.6. The van der Waals surface area contributed by atoms with Gasteiger partial charge in [0.2, 0.25) is 0 Å². The molecule has 2 unspecified atom stereocenters. The highest BCUT2D eigenvalue weighted by atomic mass is 35.5. The van der Waals surface area contributed by atoms with Crippen molar-refractivity contribution in [1.82, 2.24) is 10.6 Å². The number of fused-ring (bicyclic) bond motifs is 1. The van der Waals surface area contributed by atoms with E-state index >= 15 is 0 Å². The highest BCUT2D eigenvalue weighted by Gasteiger charge is 2.47. The van der Waals surface area contributed by atoms with Crippen LogP contribution in [-0.2, 0) is 6.42 Å². The highest BCUT2D eigenvalue weighted by Crippen LogP contribution is 2.56. The van der Waals surface area contributed by atoms with Gasteiger partial charge < -0.3 is 15.7 Å². The van der Waals surface area contributed by atoms with Crippen molar-refractivity contribution in [3.63, 3.8) is 0 Å². The van der Waals surface area contributed by atoms with Crippen LogP contribution in [0.25, 0.3) is 0 Å². The summed E-state index contributed by atoms with van der Waals surface area (Å²) in [5, 5.41) is 16.6. The standard InChI is InChI=1S/C27H41ClN2O2/c1-26(2,18-31)16-29-9-3-4-19-5-6-24(28)23(13-19)25(32)30-17-27-8-7-20-10-21(14-27)12-22(11-20)15-27/h5-6,13,20-22,29,31H,3-4,7-12,14-18H2,1-2H3,(H,30,32). The molecule has 4 nitrogen and oxygen atoms in total. The summed E-state index contributed by atoms with van der Waals surface area (Å²) in [7, 11) is 0. The van der Waals surface area contributed by atoms with Crippen LogP contribution in [-0.4, -0.2) is 37.3 Å². The Kier molecular flexibility index (Phi) is 7.53. The first-order valence-electron chi connectivity index (χ1n) is 12.7. The third kappa shape index (κ3) is 5.87. The number of rotatable bonds is 10. The number of aliphatic hydroxyl groups excluding tert-OH is 1. The van der Waals surface area contributed by atoms with Crippen LogP contribution in [0.1, 0.15) is 81.1 Å². The van der Waals surface area contributed by atoms with Gasteiger partial charge in [0.25, 0.3) is 5.91 Å². The number of amides is 1. The van der Waals surface area contributed by atoms with E-state index in [0.29, 0.717) is 16.0 Å². The first-order valence-corrected chi connectivity index (χ1v) is 13.0. The molecule has 178 valence electrons. The van der Waals surface area contributed by atoms with Gasteiger partial charge in [-0.05, 0) is 105 Å². The fraction of sp³-hybridized carbons (Fsp3) is 0.741. The summed E-state index contributed by atoms with van der Waals surface area (Å²) >= 11 is 6.42. The van der Waals surface area contributed by atoms with E-state index in [1.165, 1.54) is 44.9 Å². The monoisotopic (exact) mass is 460 g/mol. The second-order valence-electron chi connectivity index (χ2n) is 11.9. The number of hydrogen-bond donors (Lipinski definition) is 3. The normalized spacial score (nSPS) is 29.2. The summed E-state index contributed by atoms with van der Waals surface area (Å²) in [6, 6.07) is 5.86. The number of hydrogen-bond acceptors (Lipinski definition) is 3. The molecular formula is C27H41ClN2O2. The Morgan fingerprint density at radius 1 is 1.19 bits per heavy atom. The smallest absolute Gasteiger partial charge is 0.252 e. The molecule has 2 atom stereocenters. The molecule has 1 amide bonds. The Hall–Kier alpha value is -1.10. The Morgan fingerprint density at radius 3 is 2.62 bits per heavy atom. The molecular weight excluding hydrogens is 420 g/mol. The van der Waals surface area contributed by atoms with Crippen molar-refractivity contribution in [2.75, 3.05) is 26.2 Å². The second-order valence-corrected chi connectivity index (χ2v) is 12.3. The van der Waals surface area contributed by atoms with E-state index in [9.17, 15) is 9.90 Å². The van der Waals surface area contributed by atoms with Gasteiger partial charge in [-0.3, -0.25) is 4.79 Å². The summed E-state index contributed by atoms with van der Waals surface area (Å²) in [5.41, 5.74) is 1.97. The van der Waals surface area contributed by atoms with E-state index in [0.717, 1.165) is 55.8 Å². The zero-order valence-electron chi connectivity index (χ0n) is 19.9. The molecule has 0 radical (unpaired) electrons. The minimum absolute atomic E-state index is 0.0206. The topological polar surface area (TPSA) is 61.4 Å². The second kappa shape index (κ2) is 10.0. The number of carbonyl (C=O) groups excluding carboxylic acids is 1. The number of carbonyl (C=O) groups is 1. The molecule has 5 heteroatoms. The maximum absolute atomic E-state index is 13.1. The average Bonchev–Trinajstić information content (AvgIpc) is 2.96. The van der Waals surface area contributed by atoms with Crippen LogP contribution in [0, 0.1) is 28.6 Å². The van der Waals surface area contributed by atoms with Crippen molar-refractivity contribution in [3.05, 3.63) is 34.3 Å². The van der Waals surface area contributed by atoms with E-state index in [1.807, 2.05) is 18.2 Å². The van der Waals surface area contributed by atoms with Crippen LogP contribution >= 0.6 is 11.6 Å². The minimum atomic E-state index is -0.0961. The summed E-state index contributed by atoms with van der Waals surface area (Å²) in [6.07, 6.45) is 11.4. The lowest BCUT2D eigenvalue weighted by Crippen LogP contribution is -2.42. The van der Waals surface area contributed by atoms with Gasteiger partial charge in [0.1, 0.15) is 0 Å². The molecule has 5 rings (SSSR count). The number of halogens is 1. The lowest BCUT2D eigenvalue weighted by Gasteiger charge is -2.45. The molecule has 0 spiro atoms. The molecule has 0 heterocycles. The lowest BCUT2D eigenvalue weighted by atomic mass is 9.61. The fourth-order valence-corrected chi connectivity index (χ4v) is 6.90. The van der Waals surface area contributed by atoms with E-state index in [-0.39, 0.29) is 17.9 Å². The third-order valence-electron chi connectivity index (χ3n) is 8.28. The van der Waals surface area contributed by atoms with E-state index in [1.54, 1.807) is 0 Å². The Balaban J connectivity index is 1.30. The van der Waals surface area contributed by atoms with Gasteiger partial charge in [0, 0.05) is 25.1 Å². The maximum atomic E-state index is 13.1. The quantitative estimate of drug-likeness (QED) is 0.419. The number of aliphatic hydroxyl groups is 1. The summed E-state index contributed by atoms with van der Waals surface area (Å²) in [5.74, 6) is 2.69. The maximum Gasteiger partial charge on any atom is 0.252 e. The van der Waals surface area contributed by atoms with Crippen LogP contribution in [0.2, 0.25) is 5.02 Å². The van der Waals surface area contributed by atoms with Crippen LogP contribution in [0.3, 0.4) is 0 Å². The predicted molar refractivity (Wildman–Crippen MR) is 131 cm³/mol. The van der Waals surface area contributed by atoms with Crippen molar-refractivity contribution in [2.45, 2.75) is 71.6 Å². The summed E-state index contributed by atoms with van der Waals surface area (Å²) in [6.45, 7) is 6.77. The van der Waals surface area contributed by atoms with E-state index in [2.05, 4.69) is 24.5 Å². The molecule has 4 fully saturated rings. The van der Waals surface area contributed by atoms with E-state index in [4.69, 9.17) is 11.6 Å². The van der Waals surface area contributed by atoms with Gasteiger partial charge in [-0.25, -0.2) is 0 Å². The molecule has 0 aliphatic heterocycles. The average molecular weight is 461 g/mol. The number of aryl methyl sites for hydroxylation is 1. The van der Waals surface area contributed by atoms with Gasteiger partial charge in [0.15, 0.2) is 0 Å². The zero-order chi connectivity index (χ0) is 22.8. The predicted octanol–water partition coefficient (Wildman–Crippen LogP) is 5.22. The van der Waals surface area contributed by atoms with E-state index < -0.39 is 0 Å². The van der Waals surface area contributed by atoms with Crippen LogP contribution in [0.4, 0.5) is 0 Å². The van der Waals surface area contributed by atoms with Crippen molar-refractivity contribution in [3.8, 4) is 0 Å². The van der Waals surface area contributed by atoms with Gasteiger partial charge in [-0.2, -0.15) is 0 Å². The first-order chi connectivity index (χ1) is 15.3. The minimum Gasteiger partial charge on any atom is -0.396 e. The molecule has 32 heavy (non-hydrogen) atoms. The highest BCUT2D eigenvalue weighted by molar-refractivity contribution is 6.33. The Bertz CT molecular complexity index is 795. The molecule has 1 aromatic carbocycles. The first kappa shape index (κ1) is 24.0. The van der Waals surface area contributed by atoms with Crippen molar-refractivity contribution < 1.29 is 9.90 Å². The number of nitrogens with one attached hydrogen (secondary N) is 2. The molecule has 3 N–H and O–H groups in total. The Morgan fingerprint density at radius 2 is 1.91 bits per heavy atom. The summed E-state index contributed by atoms with van der Waals surface area (Å²) in [4.78, 5) is 13.1.